The fraction of sp³-hybridized carbons (Fsp3) is 0. The molecule has 0 unspecified atom stereocenters. The van der Waals surface area contributed by atoms with Gasteiger partial charge in [-0.25, -0.2) is 4.79 Å². The summed E-state index contributed by atoms with van der Waals surface area (Å²) < 4.78 is 0. The molecular formula is CH10AlLiO5. The maximum atomic E-state index is 8.56. The van der Waals surface area contributed by atoms with Crippen molar-refractivity contribution in [1.82, 2.24) is 0 Å². The molecular weight excluding hydrogens is 126 g/mol. The minimum absolute atomic E-state index is 0. The van der Waals surface area contributed by atoms with Gasteiger partial charge in [-0.15, -0.1) is 0 Å². The van der Waals surface area contributed by atoms with E-state index in [1.807, 2.05) is 0 Å². The second-order valence-corrected chi connectivity index (χ2v) is 0.283. The zero-order valence-corrected chi connectivity index (χ0v) is 3.80. The van der Waals surface area contributed by atoms with E-state index in [2.05, 4.69) is 0 Å². The van der Waals surface area contributed by atoms with Gasteiger partial charge in [-0.2, -0.15) is 0 Å². The van der Waals surface area contributed by atoms with E-state index in [0.717, 1.165) is 0 Å². The van der Waals surface area contributed by atoms with Crippen LogP contribution in [0.3, 0.4) is 0 Å². The van der Waals surface area contributed by atoms with Gasteiger partial charge >= 0.3 is 25.0 Å². The van der Waals surface area contributed by atoms with Crippen LogP contribution in [-0.2, 0) is 0 Å². The fourth-order valence-electron chi connectivity index (χ4n) is 0. The van der Waals surface area contributed by atoms with Gasteiger partial charge in [-0.05, 0) is 0 Å². The van der Waals surface area contributed by atoms with Crippen molar-refractivity contribution in [2.75, 3.05) is 0 Å². The molecule has 0 radical (unpaired) electrons. The summed E-state index contributed by atoms with van der Waals surface area (Å²) in [5.74, 6) is 0. The normalized spacial score (nSPS) is 3.00. The average Bonchev–Trinajstić information content (AvgIpc) is 0.811. The number of carbonyl (C=O) groups is 1. The van der Waals surface area contributed by atoms with Crippen LogP contribution in [0.2, 0.25) is 0 Å². The van der Waals surface area contributed by atoms with Crippen LogP contribution in [0.1, 0.15) is 1.43 Å². The molecule has 0 aliphatic heterocycles. The molecule has 0 aromatic heterocycles. The van der Waals surface area contributed by atoms with Crippen molar-refractivity contribution in [3.8, 4) is 0 Å². The van der Waals surface area contributed by atoms with E-state index in [0.29, 0.717) is 0 Å². The van der Waals surface area contributed by atoms with Crippen LogP contribution in [0.5, 0.6) is 0 Å². The van der Waals surface area contributed by atoms with E-state index in [9.17, 15) is 0 Å². The summed E-state index contributed by atoms with van der Waals surface area (Å²) in [6.45, 7) is 0. The van der Waals surface area contributed by atoms with E-state index in [4.69, 9.17) is 15.0 Å². The van der Waals surface area contributed by atoms with E-state index >= 15 is 0 Å². The van der Waals surface area contributed by atoms with Gasteiger partial charge in [0.15, 0.2) is 17.4 Å². The third kappa shape index (κ3) is 1750. The van der Waals surface area contributed by atoms with Crippen LogP contribution >= 0.6 is 0 Å². The molecule has 0 aromatic rings. The third-order valence-electron chi connectivity index (χ3n) is 0. The first-order valence-corrected chi connectivity index (χ1v) is 0.651. The SMILES string of the molecule is O.O.O=C(O)O.[AlH3].[H-].[Li+]. The quantitative estimate of drug-likeness (QED) is 0.323. The molecule has 0 amide bonds. The smallest absolute Gasteiger partial charge is 1.00 e. The topological polar surface area (TPSA) is 121 Å². The summed E-state index contributed by atoms with van der Waals surface area (Å²) in [5.41, 5.74) is 0. The standard InChI is InChI=1S/CH2O3.Al.Li.2H2O.4H/c2-1(3)4;;;;;;;;/h(H2,2,3,4);;;2*1H2;;;;/q;;+1;;;;;;-1. The van der Waals surface area contributed by atoms with Crippen molar-refractivity contribution in [2.24, 2.45) is 0 Å². The second-order valence-electron chi connectivity index (χ2n) is 0.283. The second kappa shape index (κ2) is 26.5. The molecule has 0 fully saturated rings. The Hall–Kier alpha value is 0.320. The molecule has 0 aromatic carbocycles. The zero-order chi connectivity index (χ0) is 3.58. The van der Waals surface area contributed by atoms with Crippen LogP contribution in [0.25, 0.3) is 0 Å². The van der Waals surface area contributed by atoms with E-state index in [1.54, 1.807) is 0 Å². The Labute approximate surface area is 70.1 Å². The Kier molecular flexibility index (Phi) is 134. The van der Waals surface area contributed by atoms with Crippen LogP contribution in [0.4, 0.5) is 4.79 Å². The number of hydrogen-bond acceptors (Lipinski definition) is 1. The van der Waals surface area contributed by atoms with Gasteiger partial charge in [0, 0.05) is 0 Å². The molecule has 0 atom stereocenters. The molecule has 48 valence electrons. The third-order valence-corrected chi connectivity index (χ3v) is 0. The average molecular weight is 136 g/mol. The number of rotatable bonds is 0. The molecule has 0 saturated carbocycles. The molecule has 8 heavy (non-hydrogen) atoms. The molecule has 0 saturated heterocycles. The Morgan fingerprint density at radius 2 is 1.25 bits per heavy atom. The van der Waals surface area contributed by atoms with Crippen LogP contribution in [-0.4, -0.2) is 44.7 Å². The predicted octanol–water partition coefficient (Wildman–Crippen LogP) is -5.49. The molecule has 0 rings (SSSR count). The Morgan fingerprint density at radius 3 is 1.25 bits per heavy atom. The maximum absolute atomic E-state index is 8.56. The first-order valence-electron chi connectivity index (χ1n) is 0.651. The van der Waals surface area contributed by atoms with Gasteiger partial charge in [0.1, 0.15) is 0 Å². The number of hydrogen-bond donors (Lipinski definition) is 2. The summed E-state index contributed by atoms with van der Waals surface area (Å²) in [6, 6.07) is 0. The van der Waals surface area contributed by atoms with Crippen molar-refractivity contribution in [3.63, 3.8) is 0 Å². The Balaban J connectivity index is -0.00000000450. The van der Waals surface area contributed by atoms with Gasteiger partial charge in [0.05, 0.1) is 0 Å². The summed E-state index contributed by atoms with van der Waals surface area (Å²) >= 11 is 0. The molecule has 0 aliphatic rings. The molecule has 5 nitrogen and oxygen atoms in total. The monoisotopic (exact) mass is 136 g/mol. The van der Waals surface area contributed by atoms with Crippen molar-refractivity contribution in [2.45, 2.75) is 0 Å². The van der Waals surface area contributed by atoms with Crippen molar-refractivity contribution < 1.29 is 46.2 Å². The fourth-order valence-corrected chi connectivity index (χ4v) is 0. The minimum atomic E-state index is -1.83. The molecule has 0 aliphatic carbocycles. The summed E-state index contributed by atoms with van der Waals surface area (Å²) in [4.78, 5) is 8.56. The summed E-state index contributed by atoms with van der Waals surface area (Å²) in [7, 11) is 0. The molecule has 7 heteroatoms. The Morgan fingerprint density at radius 1 is 1.25 bits per heavy atom. The first-order chi connectivity index (χ1) is 1.73. The van der Waals surface area contributed by atoms with E-state index in [1.165, 1.54) is 0 Å². The van der Waals surface area contributed by atoms with E-state index < -0.39 is 6.16 Å². The van der Waals surface area contributed by atoms with Crippen LogP contribution in [0, 0.1) is 0 Å². The van der Waals surface area contributed by atoms with Gasteiger partial charge in [-0.1, -0.05) is 0 Å². The zero-order valence-electron chi connectivity index (χ0n) is 4.80. The summed E-state index contributed by atoms with van der Waals surface area (Å²) in [6.07, 6.45) is -1.83. The Bertz CT molecular complexity index is 39.9. The summed E-state index contributed by atoms with van der Waals surface area (Å²) in [5, 5.41) is 13.9. The first kappa shape index (κ1) is 40.4. The molecule has 0 bridgehead atoms. The van der Waals surface area contributed by atoms with Gasteiger partial charge < -0.3 is 22.6 Å². The van der Waals surface area contributed by atoms with Crippen molar-refractivity contribution in [3.05, 3.63) is 0 Å². The van der Waals surface area contributed by atoms with E-state index in [-0.39, 0.29) is 48.6 Å². The predicted molar refractivity (Wildman–Crippen MR) is 28.9 cm³/mol. The largest absolute Gasteiger partial charge is 1.00 e. The molecule has 0 spiro atoms. The van der Waals surface area contributed by atoms with Crippen LogP contribution < -0.4 is 18.9 Å². The van der Waals surface area contributed by atoms with Gasteiger partial charge in [-0.3, -0.25) is 0 Å². The maximum Gasteiger partial charge on any atom is 1.00 e. The minimum Gasteiger partial charge on any atom is -1.00 e. The van der Waals surface area contributed by atoms with Gasteiger partial charge in [0.25, 0.3) is 0 Å². The molecule has 0 heterocycles. The van der Waals surface area contributed by atoms with Crippen LogP contribution in [0.15, 0.2) is 0 Å². The van der Waals surface area contributed by atoms with Crippen molar-refractivity contribution in [1.29, 1.82) is 0 Å². The van der Waals surface area contributed by atoms with Gasteiger partial charge in [0.2, 0.25) is 0 Å². The number of carboxylic acid groups (broad SMARTS) is 2. The van der Waals surface area contributed by atoms with Crippen molar-refractivity contribution >= 4 is 23.5 Å². The molecule has 6 N–H and O–H groups in total.